The number of pyridine rings is 1. The fraction of sp³-hybridized carbons (Fsp3) is 0.182. The van der Waals surface area contributed by atoms with Gasteiger partial charge in [0, 0.05) is 12.3 Å². The van der Waals surface area contributed by atoms with Crippen molar-refractivity contribution in [2.75, 3.05) is 7.11 Å². The second-order valence-corrected chi connectivity index (χ2v) is 3.73. The average Bonchev–Trinajstić information content (AvgIpc) is 2.23. The van der Waals surface area contributed by atoms with E-state index in [0.717, 1.165) is 6.07 Å². The van der Waals surface area contributed by atoms with Crippen molar-refractivity contribution in [3.63, 3.8) is 0 Å². The van der Waals surface area contributed by atoms with Gasteiger partial charge in [0.2, 0.25) is 0 Å². The maximum atomic E-state index is 13.6. The topological polar surface area (TPSA) is 22.1 Å². The summed E-state index contributed by atoms with van der Waals surface area (Å²) in [6.07, 6.45) is 1.45. The van der Waals surface area contributed by atoms with Gasteiger partial charge in [-0.3, -0.25) is 4.98 Å². The molecule has 0 aliphatic rings. The van der Waals surface area contributed by atoms with Crippen molar-refractivity contribution in [1.29, 1.82) is 0 Å². The van der Waals surface area contributed by atoms with Gasteiger partial charge in [0.1, 0.15) is 11.3 Å². The van der Waals surface area contributed by atoms with Crippen LogP contribution in [0.4, 0.5) is 8.78 Å². The van der Waals surface area contributed by atoms with Crippen LogP contribution in [0.3, 0.4) is 0 Å². The molecule has 16 heavy (non-hydrogen) atoms. The molecule has 1 aromatic carbocycles. The summed E-state index contributed by atoms with van der Waals surface area (Å²) >= 11 is 5.95. The van der Waals surface area contributed by atoms with Gasteiger partial charge in [-0.25, -0.2) is 8.78 Å². The van der Waals surface area contributed by atoms with Crippen molar-refractivity contribution in [1.82, 2.24) is 4.98 Å². The van der Waals surface area contributed by atoms with Gasteiger partial charge >= 0.3 is 0 Å². The summed E-state index contributed by atoms with van der Waals surface area (Å²) in [5.41, 5.74) is 0.720. The van der Waals surface area contributed by atoms with Crippen molar-refractivity contribution in [3.8, 4) is 5.75 Å². The third-order valence-corrected chi connectivity index (χ3v) is 2.81. The number of benzene rings is 1. The number of methoxy groups -OCH3 is 1. The van der Waals surface area contributed by atoms with Crippen molar-refractivity contribution in [3.05, 3.63) is 34.5 Å². The van der Waals surface area contributed by atoms with Crippen LogP contribution < -0.4 is 4.74 Å². The number of nitrogens with zero attached hydrogens (tertiary/aromatic N) is 1. The molecular weight excluding hydrogens is 236 g/mol. The zero-order valence-electron chi connectivity index (χ0n) is 8.64. The van der Waals surface area contributed by atoms with Crippen LogP contribution >= 0.6 is 11.6 Å². The molecule has 1 heterocycles. The fourth-order valence-electron chi connectivity index (χ4n) is 1.53. The molecule has 0 amide bonds. The number of aromatic nitrogens is 1. The molecule has 0 aliphatic heterocycles. The molecule has 0 radical (unpaired) electrons. The van der Waals surface area contributed by atoms with Crippen LogP contribution in [0.2, 0.25) is 5.02 Å². The van der Waals surface area contributed by atoms with Gasteiger partial charge in [0.15, 0.2) is 11.6 Å². The lowest BCUT2D eigenvalue weighted by atomic mass is 10.1. The summed E-state index contributed by atoms with van der Waals surface area (Å²) < 4.78 is 31.8. The highest BCUT2D eigenvalue weighted by molar-refractivity contribution is 6.36. The molecular formula is C11H8ClF2NO. The summed E-state index contributed by atoms with van der Waals surface area (Å²) in [7, 11) is 1.30. The second kappa shape index (κ2) is 3.87. The standard InChI is InChI=1S/C11H8ClF2NO/c1-5-4-15-10-8(9(5)12)6(13)3-7(14)11(10)16-2/h3-4H,1-2H3. The third-order valence-electron chi connectivity index (χ3n) is 2.32. The van der Waals surface area contributed by atoms with Crippen LogP contribution in [-0.2, 0) is 0 Å². The number of hydrogen-bond donors (Lipinski definition) is 0. The van der Waals surface area contributed by atoms with Gasteiger partial charge in [-0.2, -0.15) is 0 Å². The van der Waals surface area contributed by atoms with E-state index < -0.39 is 11.6 Å². The van der Waals surface area contributed by atoms with E-state index in [4.69, 9.17) is 16.3 Å². The number of ether oxygens (including phenoxy) is 1. The maximum absolute atomic E-state index is 13.6. The first-order valence-electron chi connectivity index (χ1n) is 4.53. The van der Waals surface area contributed by atoms with E-state index in [1.165, 1.54) is 13.3 Å². The highest BCUT2D eigenvalue weighted by atomic mass is 35.5. The van der Waals surface area contributed by atoms with Crippen LogP contribution in [0.1, 0.15) is 5.56 Å². The van der Waals surface area contributed by atoms with Crippen molar-refractivity contribution in [2.45, 2.75) is 6.92 Å². The van der Waals surface area contributed by atoms with Gasteiger partial charge in [0.25, 0.3) is 0 Å². The summed E-state index contributed by atoms with van der Waals surface area (Å²) in [5, 5.41) is 0.306. The molecule has 0 bridgehead atoms. The van der Waals surface area contributed by atoms with E-state index in [2.05, 4.69) is 4.98 Å². The Bertz CT molecular complexity index is 572. The fourth-order valence-corrected chi connectivity index (χ4v) is 1.76. The first-order valence-corrected chi connectivity index (χ1v) is 4.91. The molecule has 2 rings (SSSR count). The Hall–Kier alpha value is -1.42. The van der Waals surface area contributed by atoms with E-state index in [1.807, 2.05) is 0 Å². The van der Waals surface area contributed by atoms with Crippen LogP contribution in [0.15, 0.2) is 12.3 Å². The molecule has 0 unspecified atom stereocenters. The predicted molar refractivity (Wildman–Crippen MR) is 58.0 cm³/mol. The summed E-state index contributed by atoms with van der Waals surface area (Å²) in [4.78, 5) is 3.94. The van der Waals surface area contributed by atoms with Crippen LogP contribution in [0.25, 0.3) is 10.9 Å². The van der Waals surface area contributed by atoms with Crippen molar-refractivity contribution < 1.29 is 13.5 Å². The largest absolute Gasteiger partial charge is 0.491 e. The number of aryl methyl sites for hydroxylation is 1. The van der Waals surface area contributed by atoms with Gasteiger partial charge in [-0.15, -0.1) is 0 Å². The molecule has 0 saturated carbocycles. The zero-order chi connectivity index (χ0) is 11.9. The van der Waals surface area contributed by atoms with Crippen LogP contribution in [0.5, 0.6) is 5.75 Å². The van der Waals surface area contributed by atoms with Crippen LogP contribution in [0, 0.1) is 18.6 Å². The Morgan fingerprint density at radius 2 is 2.00 bits per heavy atom. The lowest BCUT2D eigenvalue weighted by Crippen LogP contribution is -1.96. The van der Waals surface area contributed by atoms with Crippen molar-refractivity contribution in [2.24, 2.45) is 0 Å². The lowest BCUT2D eigenvalue weighted by molar-refractivity contribution is 0.389. The Labute approximate surface area is 95.8 Å². The van der Waals surface area contributed by atoms with Gasteiger partial charge in [-0.1, -0.05) is 11.6 Å². The SMILES string of the molecule is COc1c(F)cc(F)c2c(Cl)c(C)cnc12. The summed E-state index contributed by atoms with van der Waals surface area (Å²) in [6, 6.07) is 0.744. The van der Waals surface area contributed by atoms with Crippen LogP contribution in [-0.4, -0.2) is 12.1 Å². The third kappa shape index (κ3) is 1.50. The Morgan fingerprint density at radius 1 is 1.31 bits per heavy atom. The molecule has 0 atom stereocenters. The van der Waals surface area contributed by atoms with E-state index in [1.54, 1.807) is 6.92 Å². The van der Waals surface area contributed by atoms with E-state index >= 15 is 0 Å². The molecule has 0 saturated heterocycles. The minimum absolute atomic E-state index is 0.0833. The molecule has 0 fully saturated rings. The minimum atomic E-state index is -0.792. The first-order chi connectivity index (χ1) is 7.56. The zero-order valence-corrected chi connectivity index (χ0v) is 9.40. The summed E-state index contributed by atoms with van der Waals surface area (Å²) in [6.45, 7) is 1.70. The molecule has 84 valence electrons. The predicted octanol–water partition coefficient (Wildman–Crippen LogP) is 3.48. The Balaban J connectivity index is 2.98. The minimum Gasteiger partial charge on any atom is -0.491 e. The monoisotopic (exact) mass is 243 g/mol. The smallest absolute Gasteiger partial charge is 0.181 e. The van der Waals surface area contributed by atoms with Gasteiger partial charge in [0.05, 0.1) is 17.5 Å². The molecule has 2 aromatic rings. The number of fused-ring (bicyclic) bond motifs is 1. The van der Waals surface area contributed by atoms with Gasteiger partial charge in [-0.05, 0) is 12.5 Å². The summed E-state index contributed by atoms with van der Waals surface area (Å²) in [5.74, 6) is -1.63. The highest BCUT2D eigenvalue weighted by Crippen LogP contribution is 2.34. The molecule has 5 heteroatoms. The van der Waals surface area contributed by atoms with E-state index in [9.17, 15) is 8.78 Å². The normalized spacial score (nSPS) is 10.8. The highest BCUT2D eigenvalue weighted by Gasteiger charge is 2.17. The molecule has 1 aromatic heterocycles. The van der Waals surface area contributed by atoms with Crippen molar-refractivity contribution >= 4 is 22.5 Å². The molecule has 0 spiro atoms. The maximum Gasteiger partial charge on any atom is 0.181 e. The number of hydrogen-bond acceptors (Lipinski definition) is 2. The molecule has 0 aliphatic carbocycles. The molecule has 2 nitrogen and oxygen atoms in total. The number of halogens is 3. The average molecular weight is 244 g/mol. The van der Waals surface area contributed by atoms with Gasteiger partial charge < -0.3 is 4.74 Å². The van der Waals surface area contributed by atoms with E-state index in [0.29, 0.717) is 5.56 Å². The van der Waals surface area contributed by atoms with E-state index in [-0.39, 0.29) is 21.7 Å². The Kier molecular flexibility index (Phi) is 2.68. The molecule has 0 N–H and O–H groups in total. The number of rotatable bonds is 1. The lowest BCUT2D eigenvalue weighted by Gasteiger charge is -2.09. The quantitative estimate of drug-likeness (QED) is 0.765. The Morgan fingerprint density at radius 3 is 2.62 bits per heavy atom. The second-order valence-electron chi connectivity index (χ2n) is 3.35. The first kappa shape index (κ1) is 11.1.